The molecule has 0 amide bonds. The first-order valence-corrected chi connectivity index (χ1v) is 5.75. The molecule has 0 saturated carbocycles. The molecule has 1 N–H and O–H groups in total. The molecular weight excluding hydrogens is 226 g/mol. The Morgan fingerprint density at radius 3 is 2.76 bits per heavy atom. The van der Waals surface area contributed by atoms with Crippen LogP contribution in [-0.2, 0) is 4.74 Å². The van der Waals surface area contributed by atoms with E-state index in [1.54, 1.807) is 0 Å². The van der Waals surface area contributed by atoms with Gasteiger partial charge in [0, 0.05) is 26.2 Å². The van der Waals surface area contributed by atoms with Crippen molar-refractivity contribution in [2.75, 3.05) is 44.7 Å². The lowest BCUT2D eigenvalue weighted by Gasteiger charge is -2.26. The number of morpholine rings is 1. The second-order valence-corrected chi connectivity index (χ2v) is 4.00. The molecular formula is C12H16F2N2O. The molecule has 1 saturated heterocycles. The molecule has 1 heterocycles. The highest BCUT2D eigenvalue weighted by molar-refractivity contribution is 5.44. The summed E-state index contributed by atoms with van der Waals surface area (Å²) in [6.45, 7) is 4.68. The number of anilines is 1. The summed E-state index contributed by atoms with van der Waals surface area (Å²) in [7, 11) is 0. The van der Waals surface area contributed by atoms with Crippen molar-refractivity contribution in [2.45, 2.75) is 0 Å². The SMILES string of the molecule is Fc1ccc(F)c(NCCN2CCOCC2)c1. The van der Waals surface area contributed by atoms with Gasteiger partial charge in [0.2, 0.25) is 0 Å². The van der Waals surface area contributed by atoms with Crippen LogP contribution in [0.3, 0.4) is 0 Å². The molecule has 0 atom stereocenters. The molecule has 0 bridgehead atoms. The maximum absolute atomic E-state index is 13.3. The van der Waals surface area contributed by atoms with E-state index in [2.05, 4.69) is 10.2 Å². The lowest BCUT2D eigenvalue weighted by Crippen LogP contribution is -2.39. The molecule has 0 unspecified atom stereocenters. The summed E-state index contributed by atoms with van der Waals surface area (Å²) in [6, 6.07) is 3.42. The Morgan fingerprint density at radius 1 is 1.24 bits per heavy atom. The van der Waals surface area contributed by atoms with E-state index in [0.717, 1.165) is 45.0 Å². The zero-order valence-corrected chi connectivity index (χ0v) is 9.59. The van der Waals surface area contributed by atoms with Crippen LogP contribution in [0, 0.1) is 11.6 Å². The van der Waals surface area contributed by atoms with Crippen LogP contribution in [0.5, 0.6) is 0 Å². The third-order valence-electron chi connectivity index (χ3n) is 2.78. The predicted molar refractivity (Wildman–Crippen MR) is 62.1 cm³/mol. The van der Waals surface area contributed by atoms with Gasteiger partial charge in [-0.15, -0.1) is 0 Å². The quantitative estimate of drug-likeness (QED) is 0.870. The van der Waals surface area contributed by atoms with Gasteiger partial charge in [-0.05, 0) is 18.2 Å². The molecule has 1 aromatic rings. The van der Waals surface area contributed by atoms with Crippen molar-refractivity contribution in [3.63, 3.8) is 0 Å². The minimum Gasteiger partial charge on any atom is -0.381 e. The van der Waals surface area contributed by atoms with Crippen LogP contribution in [-0.4, -0.2) is 44.3 Å². The topological polar surface area (TPSA) is 24.5 Å². The highest BCUT2D eigenvalue weighted by Crippen LogP contribution is 2.14. The van der Waals surface area contributed by atoms with Gasteiger partial charge in [-0.1, -0.05) is 0 Å². The van der Waals surface area contributed by atoms with Crippen molar-refractivity contribution >= 4 is 5.69 Å². The summed E-state index contributed by atoms with van der Waals surface area (Å²) in [4.78, 5) is 2.23. The molecule has 3 nitrogen and oxygen atoms in total. The lowest BCUT2D eigenvalue weighted by atomic mass is 10.3. The minimum absolute atomic E-state index is 0.221. The average Bonchev–Trinajstić information content (AvgIpc) is 2.35. The molecule has 0 spiro atoms. The number of ether oxygens (including phenoxy) is 1. The van der Waals surface area contributed by atoms with E-state index in [-0.39, 0.29) is 5.69 Å². The monoisotopic (exact) mass is 242 g/mol. The molecule has 0 aliphatic carbocycles. The van der Waals surface area contributed by atoms with Crippen LogP contribution in [0.1, 0.15) is 0 Å². The normalized spacial score (nSPS) is 17.1. The minimum atomic E-state index is -0.430. The van der Waals surface area contributed by atoms with Crippen molar-refractivity contribution in [1.82, 2.24) is 4.90 Å². The first-order valence-electron chi connectivity index (χ1n) is 5.75. The Bertz CT molecular complexity index is 368. The van der Waals surface area contributed by atoms with Crippen molar-refractivity contribution in [2.24, 2.45) is 0 Å². The third kappa shape index (κ3) is 3.64. The highest BCUT2D eigenvalue weighted by Gasteiger charge is 2.10. The lowest BCUT2D eigenvalue weighted by molar-refractivity contribution is 0.0398. The van der Waals surface area contributed by atoms with Crippen LogP contribution in [0.4, 0.5) is 14.5 Å². The molecule has 1 fully saturated rings. The van der Waals surface area contributed by atoms with Gasteiger partial charge in [0.1, 0.15) is 11.6 Å². The molecule has 2 rings (SSSR count). The van der Waals surface area contributed by atoms with Gasteiger partial charge in [-0.2, -0.15) is 0 Å². The molecule has 0 aromatic heterocycles. The number of benzene rings is 1. The van der Waals surface area contributed by atoms with E-state index in [1.165, 1.54) is 6.07 Å². The van der Waals surface area contributed by atoms with Crippen LogP contribution in [0.15, 0.2) is 18.2 Å². The zero-order valence-electron chi connectivity index (χ0n) is 9.59. The maximum atomic E-state index is 13.3. The van der Waals surface area contributed by atoms with Gasteiger partial charge in [0.05, 0.1) is 18.9 Å². The van der Waals surface area contributed by atoms with Crippen LogP contribution in [0.2, 0.25) is 0 Å². The first kappa shape index (κ1) is 12.3. The number of hydrogen-bond acceptors (Lipinski definition) is 3. The zero-order chi connectivity index (χ0) is 12.1. The van der Waals surface area contributed by atoms with Gasteiger partial charge in [-0.25, -0.2) is 8.78 Å². The van der Waals surface area contributed by atoms with E-state index in [1.807, 2.05) is 0 Å². The fourth-order valence-electron chi connectivity index (χ4n) is 1.81. The second kappa shape index (κ2) is 5.93. The first-order chi connectivity index (χ1) is 8.25. The third-order valence-corrected chi connectivity index (χ3v) is 2.78. The van der Waals surface area contributed by atoms with Crippen molar-refractivity contribution in [3.8, 4) is 0 Å². The molecule has 94 valence electrons. The van der Waals surface area contributed by atoms with Gasteiger partial charge < -0.3 is 10.1 Å². The molecule has 1 aromatic carbocycles. The number of halogens is 2. The van der Waals surface area contributed by atoms with E-state index in [4.69, 9.17) is 4.74 Å². The fourth-order valence-corrected chi connectivity index (χ4v) is 1.81. The summed E-state index contributed by atoms with van der Waals surface area (Å²) in [5.41, 5.74) is 0.221. The summed E-state index contributed by atoms with van der Waals surface area (Å²) < 4.78 is 31.4. The van der Waals surface area contributed by atoms with E-state index < -0.39 is 11.6 Å². The van der Waals surface area contributed by atoms with E-state index in [0.29, 0.717) is 6.54 Å². The van der Waals surface area contributed by atoms with E-state index >= 15 is 0 Å². The van der Waals surface area contributed by atoms with Crippen molar-refractivity contribution < 1.29 is 13.5 Å². The number of nitrogens with one attached hydrogen (secondary N) is 1. The fraction of sp³-hybridized carbons (Fsp3) is 0.500. The average molecular weight is 242 g/mol. The van der Waals surface area contributed by atoms with Gasteiger partial charge >= 0.3 is 0 Å². The van der Waals surface area contributed by atoms with Crippen LogP contribution < -0.4 is 5.32 Å². The molecule has 17 heavy (non-hydrogen) atoms. The molecule has 1 aliphatic heterocycles. The smallest absolute Gasteiger partial charge is 0.146 e. The summed E-state index contributed by atoms with van der Waals surface area (Å²) in [6.07, 6.45) is 0. The number of hydrogen-bond donors (Lipinski definition) is 1. The molecule has 5 heteroatoms. The van der Waals surface area contributed by atoms with Crippen LogP contribution in [0.25, 0.3) is 0 Å². The van der Waals surface area contributed by atoms with E-state index in [9.17, 15) is 8.78 Å². The Balaban J connectivity index is 1.79. The molecule has 1 aliphatic rings. The van der Waals surface area contributed by atoms with Gasteiger partial charge in [0.25, 0.3) is 0 Å². The Labute approximate surface area is 99.4 Å². The summed E-state index contributed by atoms with van der Waals surface area (Å²) in [5.74, 6) is -0.853. The Kier molecular flexibility index (Phi) is 4.28. The Morgan fingerprint density at radius 2 is 2.00 bits per heavy atom. The Hall–Kier alpha value is -1.20. The predicted octanol–water partition coefficient (Wildman–Crippen LogP) is 1.71. The maximum Gasteiger partial charge on any atom is 0.146 e. The van der Waals surface area contributed by atoms with Gasteiger partial charge in [-0.3, -0.25) is 4.90 Å². The summed E-state index contributed by atoms with van der Waals surface area (Å²) >= 11 is 0. The number of rotatable bonds is 4. The van der Waals surface area contributed by atoms with Crippen molar-refractivity contribution in [1.29, 1.82) is 0 Å². The standard InChI is InChI=1S/C12H16F2N2O/c13-10-1-2-11(14)12(9-10)15-3-4-16-5-7-17-8-6-16/h1-2,9,15H,3-8H2. The highest BCUT2D eigenvalue weighted by atomic mass is 19.1. The molecule has 0 radical (unpaired) electrons. The van der Waals surface area contributed by atoms with Crippen LogP contribution >= 0.6 is 0 Å². The largest absolute Gasteiger partial charge is 0.381 e. The van der Waals surface area contributed by atoms with Gasteiger partial charge in [0.15, 0.2) is 0 Å². The summed E-state index contributed by atoms with van der Waals surface area (Å²) in [5, 5.41) is 2.90. The van der Waals surface area contributed by atoms with Crippen molar-refractivity contribution in [3.05, 3.63) is 29.8 Å². The second-order valence-electron chi connectivity index (χ2n) is 4.00. The number of nitrogens with zero attached hydrogens (tertiary/aromatic N) is 1.